The molecule has 1 aliphatic carbocycles. The minimum absolute atomic E-state index is 0.190. The first-order valence-corrected chi connectivity index (χ1v) is 7.42. The summed E-state index contributed by atoms with van der Waals surface area (Å²) in [4.78, 5) is 12.6. The van der Waals surface area contributed by atoms with Gasteiger partial charge in [-0.05, 0) is 54.0 Å². The van der Waals surface area contributed by atoms with E-state index in [1.165, 1.54) is 0 Å². The van der Waals surface area contributed by atoms with Crippen molar-refractivity contribution in [3.8, 4) is 5.75 Å². The van der Waals surface area contributed by atoms with Gasteiger partial charge in [-0.15, -0.1) is 0 Å². The van der Waals surface area contributed by atoms with Gasteiger partial charge in [0.2, 0.25) is 0 Å². The molecule has 2 heteroatoms. The summed E-state index contributed by atoms with van der Waals surface area (Å²) >= 11 is 0. The third-order valence-electron chi connectivity index (χ3n) is 4.31. The lowest BCUT2D eigenvalue weighted by Crippen LogP contribution is -2.30. The van der Waals surface area contributed by atoms with Gasteiger partial charge < -0.3 is 4.74 Å². The van der Waals surface area contributed by atoms with Crippen LogP contribution in [0.2, 0.25) is 0 Å². The second-order valence-corrected chi connectivity index (χ2v) is 6.07. The second kappa shape index (κ2) is 6.25. The Morgan fingerprint density at radius 1 is 1.20 bits per heavy atom. The van der Waals surface area contributed by atoms with E-state index in [2.05, 4.69) is 26.8 Å². The summed E-state index contributed by atoms with van der Waals surface area (Å²) in [6.07, 6.45) is 4.19. The number of Topliss-reactive ketones (excluding diaryl/α,β-unsaturated/α-hetero) is 1. The smallest absolute Gasteiger partial charge is 0.162 e. The van der Waals surface area contributed by atoms with Crippen LogP contribution in [0.5, 0.6) is 5.75 Å². The Morgan fingerprint density at radius 3 is 2.40 bits per heavy atom. The molecule has 0 amide bonds. The number of benzene rings is 1. The summed E-state index contributed by atoms with van der Waals surface area (Å²) in [6, 6.07) is 7.88. The molecular formula is C18H24O2. The molecule has 2 nitrogen and oxygen atoms in total. The third-order valence-corrected chi connectivity index (χ3v) is 4.31. The molecule has 0 spiro atoms. The number of ketones is 1. The van der Waals surface area contributed by atoms with Crippen LogP contribution in [0, 0.1) is 17.8 Å². The number of carbonyl (C=O) groups is 1. The van der Waals surface area contributed by atoms with Gasteiger partial charge in [0.05, 0.1) is 7.11 Å². The minimum Gasteiger partial charge on any atom is -0.497 e. The fourth-order valence-electron chi connectivity index (χ4n) is 2.90. The number of allylic oxidation sites excluding steroid dienone is 1. The van der Waals surface area contributed by atoms with Crippen molar-refractivity contribution in [2.45, 2.75) is 33.6 Å². The predicted octanol–water partition coefficient (Wildman–Crippen LogP) is 4.35. The zero-order valence-electron chi connectivity index (χ0n) is 12.8. The summed E-state index contributed by atoms with van der Waals surface area (Å²) in [5.74, 6) is 2.16. The van der Waals surface area contributed by atoms with Gasteiger partial charge >= 0.3 is 0 Å². The third kappa shape index (κ3) is 3.12. The maximum Gasteiger partial charge on any atom is 0.162 e. The molecule has 0 radical (unpaired) electrons. The van der Waals surface area contributed by atoms with Gasteiger partial charge in [-0.1, -0.05) is 32.9 Å². The van der Waals surface area contributed by atoms with E-state index in [-0.39, 0.29) is 5.92 Å². The van der Waals surface area contributed by atoms with Gasteiger partial charge in [-0.25, -0.2) is 0 Å². The van der Waals surface area contributed by atoms with E-state index in [9.17, 15) is 4.79 Å². The quantitative estimate of drug-likeness (QED) is 0.765. The molecule has 0 aromatic heterocycles. The molecule has 20 heavy (non-hydrogen) atoms. The topological polar surface area (TPSA) is 26.3 Å². The van der Waals surface area contributed by atoms with E-state index in [0.29, 0.717) is 17.6 Å². The van der Waals surface area contributed by atoms with Crippen LogP contribution in [0.1, 0.15) is 39.2 Å². The van der Waals surface area contributed by atoms with Crippen LogP contribution >= 0.6 is 0 Å². The van der Waals surface area contributed by atoms with Crippen LogP contribution in [0.15, 0.2) is 29.8 Å². The highest BCUT2D eigenvalue weighted by molar-refractivity contribution is 6.02. The summed E-state index contributed by atoms with van der Waals surface area (Å²) in [6.45, 7) is 6.44. The Morgan fingerprint density at radius 2 is 1.85 bits per heavy atom. The first-order chi connectivity index (χ1) is 9.52. The van der Waals surface area contributed by atoms with Gasteiger partial charge in [0, 0.05) is 5.92 Å². The Balaban J connectivity index is 2.27. The molecule has 1 saturated carbocycles. The Labute approximate surface area is 121 Å². The van der Waals surface area contributed by atoms with Crippen molar-refractivity contribution in [2.24, 2.45) is 17.8 Å². The van der Waals surface area contributed by atoms with E-state index in [1.807, 2.05) is 24.3 Å². The van der Waals surface area contributed by atoms with Crippen LogP contribution in [-0.4, -0.2) is 12.9 Å². The zero-order chi connectivity index (χ0) is 14.7. The van der Waals surface area contributed by atoms with E-state index < -0.39 is 0 Å². The van der Waals surface area contributed by atoms with Crippen LogP contribution in [0.25, 0.3) is 6.08 Å². The normalized spacial score (nSPS) is 25.2. The molecule has 0 unspecified atom stereocenters. The number of hydrogen-bond acceptors (Lipinski definition) is 2. The summed E-state index contributed by atoms with van der Waals surface area (Å²) in [5, 5.41) is 0. The fraction of sp³-hybridized carbons (Fsp3) is 0.500. The molecule has 108 valence electrons. The highest BCUT2D eigenvalue weighted by Crippen LogP contribution is 2.35. The molecule has 0 N–H and O–H groups in total. The number of ether oxygens (including phenoxy) is 1. The van der Waals surface area contributed by atoms with Gasteiger partial charge in [0.25, 0.3) is 0 Å². The van der Waals surface area contributed by atoms with Gasteiger partial charge in [0.15, 0.2) is 5.78 Å². The van der Waals surface area contributed by atoms with E-state index in [1.54, 1.807) is 7.11 Å². The molecular weight excluding hydrogens is 248 g/mol. The SMILES string of the molecule is COc1ccc(/C=C2\C(=O)[C@H](C(C)C)CC[C@@H]2C)cc1. The summed E-state index contributed by atoms with van der Waals surface area (Å²) in [7, 11) is 1.66. The average Bonchev–Trinajstić information content (AvgIpc) is 2.43. The van der Waals surface area contributed by atoms with Crippen LogP contribution < -0.4 is 4.74 Å². The number of hydrogen-bond donors (Lipinski definition) is 0. The largest absolute Gasteiger partial charge is 0.497 e. The van der Waals surface area contributed by atoms with E-state index >= 15 is 0 Å². The van der Waals surface area contributed by atoms with Crippen molar-refractivity contribution < 1.29 is 9.53 Å². The molecule has 1 fully saturated rings. The summed E-state index contributed by atoms with van der Waals surface area (Å²) in [5.41, 5.74) is 2.06. The lowest BCUT2D eigenvalue weighted by atomic mass is 9.73. The van der Waals surface area contributed by atoms with Crippen molar-refractivity contribution in [1.29, 1.82) is 0 Å². The maximum absolute atomic E-state index is 12.6. The molecule has 2 rings (SSSR count). The molecule has 2 atom stereocenters. The summed E-state index contributed by atoms with van der Waals surface area (Å²) < 4.78 is 5.16. The van der Waals surface area contributed by atoms with Crippen LogP contribution in [-0.2, 0) is 4.79 Å². The van der Waals surface area contributed by atoms with Crippen molar-refractivity contribution in [3.63, 3.8) is 0 Å². The number of carbonyl (C=O) groups excluding carboxylic acids is 1. The highest BCUT2D eigenvalue weighted by atomic mass is 16.5. The average molecular weight is 272 g/mol. The van der Waals surface area contributed by atoms with Gasteiger partial charge in [-0.2, -0.15) is 0 Å². The molecule has 1 aromatic rings. The highest BCUT2D eigenvalue weighted by Gasteiger charge is 2.32. The molecule has 0 heterocycles. The van der Waals surface area contributed by atoms with Gasteiger partial charge in [0.1, 0.15) is 5.75 Å². The van der Waals surface area contributed by atoms with Crippen molar-refractivity contribution in [1.82, 2.24) is 0 Å². The lowest BCUT2D eigenvalue weighted by Gasteiger charge is -2.30. The number of methoxy groups -OCH3 is 1. The first-order valence-electron chi connectivity index (χ1n) is 7.42. The second-order valence-electron chi connectivity index (χ2n) is 6.07. The van der Waals surface area contributed by atoms with Crippen LogP contribution in [0.3, 0.4) is 0 Å². The van der Waals surface area contributed by atoms with Crippen molar-refractivity contribution >= 4 is 11.9 Å². The molecule has 0 saturated heterocycles. The standard InChI is InChI=1S/C18H24O2/c1-12(2)16-10-5-13(3)17(18(16)19)11-14-6-8-15(20-4)9-7-14/h6-9,11-13,16H,5,10H2,1-4H3/b17-11-/t13-,16-/m0/s1. The van der Waals surface area contributed by atoms with Crippen molar-refractivity contribution in [2.75, 3.05) is 7.11 Å². The molecule has 0 aliphatic heterocycles. The Bertz CT molecular complexity index is 497. The molecule has 0 bridgehead atoms. The Hall–Kier alpha value is -1.57. The Kier molecular flexibility index (Phi) is 4.64. The van der Waals surface area contributed by atoms with Gasteiger partial charge in [-0.3, -0.25) is 4.79 Å². The molecule has 1 aromatic carbocycles. The fourth-order valence-corrected chi connectivity index (χ4v) is 2.90. The van der Waals surface area contributed by atoms with E-state index in [0.717, 1.165) is 29.7 Å². The number of rotatable bonds is 3. The first kappa shape index (κ1) is 14.8. The van der Waals surface area contributed by atoms with E-state index in [4.69, 9.17) is 4.74 Å². The monoisotopic (exact) mass is 272 g/mol. The molecule has 1 aliphatic rings. The zero-order valence-corrected chi connectivity index (χ0v) is 12.8. The lowest BCUT2D eigenvalue weighted by molar-refractivity contribution is -0.122. The van der Waals surface area contributed by atoms with Crippen molar-refractivity contribution in [3.05, 3.63) is 35.4 Å². The minimum atomic E-state index is 0.190. The van der Waals surface area contributed by atoms with Crippen LogP contribution in [0.4, 0.5) is 0 Å². The maximum atomic E-state index is 12.6. The predicted molar refractivity (Wildman–Crippen MR) is 82.7 cm³/mol.